The molecule has 1 N–H and O–H groups in total. The molecule has 51 heavy (non-hydrogen) atoms. The number of aliphatic imine (C=N–C) groups is 1. The minimum absolute atomic E-state index is 0.0130. The van der Waals surface area contributed by atoms with Crippen molar-refractivity contribution in [2.24, 2.45) is 10.9 Å². The van der Waals surface area contributed by atoms with Crippen LogP contribution in [0.2, 0.25) is 5.28 Å². The van der Waals surface area contributed by atoms with Crippen LogP contribution in [0, 0.1) is 17.4 Å². The molecule has 258 valence electrons. The van der Waals surface area contributed by atoms with Gasteiger partial charge in [0.25, 0.3) is 0 Å². The quantitative estimate of drug-likeness (QED) is 0.0852. The molecule has 0 bridgehead atoms. The minimum Gasteiger partial charge on any atom is -0.448 e. The fourth-order valence-electron chi connectivity index (χ4n) is 7.77. The Morgan fingerprint density at radius 1 is 1.04 bits per heavy atom. The third kappa shape index (κ3) is 6.23. The summed E-state index contributed by atoms with van der Waals surface area (Å²) in [5, 5.41) is 15.6. The zero-order valence-electron chi connectivity index (χ0n) is 28.4. The number of ether oxygens (including phenoxy) is 1. The third-order valence-electron chi connectivity index (χ3n) is 10.3. The Morgan fingerprint density at radius 3 is 2.55 bits per heavy atom. The van der Waals surface area contributed by atoms with Gasteiger partial charge in [-0.15, -0.1) is 16.3 Å². The van der Waals surface area contributed by atoms with Gasteiger partial charge in [0, 0.05) is 44.3 Å². The zero-order valence-corrected chi connectivity index (χ0v) is 30.0. The molecule has 1 atom stereocenters. The second-order valence-corrected chi connectivity index (χ2v) is 14.7. The molecule has 0 spiro atoms. The fourth-order valence-corrected chi connectivity index (χ4v) is 8.79. The van der Waals surface area contributed by atoms with Gasteiger partial charge in [0.1, 0.15) is 6.61 Å². The van der Waals surface area contributed by atoms with Crippen LogP contribution in [0.5, 0.6) is 0 Å². The Labute approximate surface area is 306 Å². The molecule has 1 fully saturated rings. The van der Waals surface area contributed by atoms with Crippen LogP contribution in [0.15, 0.2) is 83.2 Å². The largest absolute Gasteiger partial charge is 0.448 e. The van der Waals surface area contributed by atoms with E-state index in [9.17, 15) is 10.1 Å². The van der Waals surface area contributed by atoms with E-state index in [0.29, 0.717) is 51.7 Å². The Kier molecular flexibility index (Phi) is 8.96. The summed E-state index contributed by atoms with van der Waals surface area (Å²) >= 11 is 7.93. The Morgan fingerprint density at radius 2 is 1.80 bits per heavy atom. The number of carbonyl (C=O) groups excluding carboxylic acids is 1. The molecule has 3 aliphatic rings. The summed E-state index contributed by atoms with van der Waals surface area (Å²) in [4.78, 5) is 33.0. The highest BCUT2D eigenvalue weighted by molar-refractivity contribution is 7.17. The van der Waals surface area contributed by atoms with Gasteiger partial charge in [0.05, 0.1) is 16.3 Å². The number of piperazine rings is 1. The number of thiophene rings is 1. The molecule has 1 unspecified atom stereocenters. The van der Waals surface area contributed by atoms with Crippen molar-refractivity contribution in [3.8, 4) is 17.3 Å². The highest BCUT2D eigenvalue weighted by atomic mass is 35.5. The lowest BCUT2D eigenvalue weighted by Gasteiger charge is -2.45. The molecule has 8 rings (SSSR count). The van der Waals surface area contributed by atoms with Crippen molar-refractivity contribution in [2.75, 3.05) is 43.0 Å². The van der Waals surface area contributed by atoms with E-state index in [0.717, 1.165) is 32.8 Å². The van der Waals surface area contributed by atoms with E-state index in [4.69, 9.17) is 16.3 Å². The van der Waals surface area contributed by atoms with Crippen molar-refractivity contribution in [3.05, 3.63) is 106 Å². The molecular formula is C39H37ClN8O2S. The third-order valence-corrected chi connectivity index (χ3v) is 11.3. The highest BCUT2D eigenvalue weighted by Crippen LogP contribution is 2.44. The molecule has 1 saturated heterocycles. The van der Waals surface area contributed by atoms with Crippen molar-refractivity contribution in [2.45, 2.75) is 38.8 Å². The number of carbonyl (C=O) groups is 1. The molecular weight excluding hydrogens is 680 g/mol. The number of hydrogen-bond donors (Lipinski definition) is 1. The lowest BCUT2D eigenvalue weighted by Crippen LogP contribution is -2.59. The standard InChI is InChI=1S/C39H37ClN8O2S/c1-24(2)34-21-46(36-35-33(15-19-51-35)43-37(40)45-36)17-18-48(34)38(42-23-41)44-32-13-7-8-25-20-47(16-14-26(25)32)39(49)50-22-31-29-11-5-3-9-27(29)28-10-4-6-12-30(28)31/h3-13,15,19,24,31,34H,14,16-18,20-22H2,1-2H3,(H,42,44). The molecule has 12 heteroatoms. The van der Waals surface area contributed by atoms with E-state index in [1.807, 2.05) is 41.9 Å². The Bertz CT molecular complexity index is 2150. The first-order chi connectivity index (χ1) is 24.9. The van der Waals surface area contributed by atoms with E-state index >= 15 is 0 Å². The summed E-state index contributed by atoms with van der Waals surface area (Å²) in [6.45, 7) is 7.62. The van der Waals surface area contributed by atoms with Crippen LogP contribution in [0.4, 0.5) is 16.3 Å². The minimum atomic E-state index is -0.310. The van der Waals surface area contributed by atoms with Crippen molar-refractivity contribution in [3.63, 3.8) is 0 Å². The molecule has 0 radical (unpaired) electrons. The van der Waals surface area contributed by atoms with Crippen LogP contribution in [0.25, 0.3) is 21.3 Å². The zero-order chi connectivity index (χ0) is 35.1. The maximum Gasteiger partial charge on any atom is 0.410 e. The van der Waals surface area contributed by atoms with Crippen LogP contribution in [0.1, 0.15) is 42.0 Å². The summed E-state index contributed by atoms with van der Waals surface area (Å²) in [6, 6.07) is 24.8. The lowest BCUT2D eigenvalue weighted by atomic mass is 9.97. The van der Waals surface area contributed by atoms with Crippen LogP contribution < -0.4 is 10.2 Å². The predicted octanol–water partition coefficient (Wildman–Crippen LogP) is 7.75. The van der Waals surface area contributed by atoms with Gasteiger partial charge < -0.3 is 24.8 Å². The van der Waals surface area contributed by atoms with Crippen molar-refractivity contribution >= 4 is 56.7 Å². The summed E-state index contributed by atoms with van der Waals surface area (Å²) in [5.74, 6) is 1.63. The van der Waals surface area contributed by atoms with Crippen molar-refractivity contribution < 1.29 is 9.53 Å². The number of nitriles is 1. The number of guanidine groups is 1. The SMILES string of the molecule is CC(C)C1CN(c2nc(Cl)nc3ccsc23)CCN1C(=NC#N)Nc1cccc2c1CCN(C(=O)OCC1c3ccccc3-c3ccccc31)C2. The van der Waals surface area contributed by atoms with Gasteiger partial charge in [-0.05, 0) is 74.8 Å². The molecule has 2 aromatic heterocycles. The summed E-state index contributed by atoms with van der Waals surface area (Å²) in [6.07, 6.45) is 2.37. The molecule has 0 saturated carbocycles. The van der Waals surface area contributed by atoms with Crippen LogP contribution >= 0.6 is 22.9 Å². The van der Waals surface area contributed by atoms with Gasteiger partial charge in [0.15, 0.2) is 5.82 Å². The second-order valence-electron chi connectivity index (χ2n) is 13.5. The summed E-state index contributed by atoms with van der Waals surface area (Å²) in [5.41, 5.74) is 8.69. The maximum atomic E-state index is 13.5. The number of rotatable bonds is 5. The van der Waals surface area contributed by atoms with Gasteiger partial charge in [-0.1, -0.05) is 74.5 Å². The average Bonchev–Trinajstić information content (AvgIpc) is 3.75. The number of hydrogen-bond acceptors (Lipinski definition) is 8. The molecule has 10 nitrogen and oxygen atoms in total. The van der Waals surface area contributed by atoms with Gasteiger partial charge in [0.2, 0.25) is 17.4 Å². The molecule has 4 heterocycles. The predicted molar refractivity (Wildman–Crippen MR) is 202 cm³/mol. The molecule has 1 aliphatic carbocycles. The molecule has 5 aromatic rings. The smallest absolute Gasteiger partial charge is 0.410 e. The summed E-state index contributed by atoms with van der Waals surface area (Å²) < 4.78 is 7.01. The first-order valence-corrected chi connectivity index (χ1v) is 18.5. The van der Waals surface area contributed by atoms with Gasteiger partial charge in [-0.2, -0.15) is 10.2 Å². The second kappa shape index (κ2) is 13.9. The Balaban J connectivity index is 0.962. The van der Waals surface area contributed by atoms with E-state index < -0.39 is 0 Å². The summed E-state index contributed by atoms with van der Waals surface area (Å²) in [7, 11) is 0. The molecule has 3 aromatic carbocycles. The van der Waals surface area contributed by atoms with Gasteiger partial charge in [-0.25, -0.2) is 9.78 Å². The Hall–Kier alpha value is -5.18. The first-order valence-electron chi connectivity index (χ1n) is 17.3. The van der Waals surface area contributed by atoms with E-state index in [1.54, 1.807) is 16.2 Å². The van der Waals surface area contributed by atoms with Gasteiger partial charge in [-0.3, -0.25) is 0 Å². The van der Waals surface area contributed by atoms with E-state index in [1.165, 1.54) is 22.3 Å². The number of fused-ring (bicyclic) bond motifs is 5. The van der Waals surface area contributed by atoms with Crippen LogP contribution in [0.3, 0.4) is 0 Å². The highest BCUT2D eigenvalue weighted by Gasteiger charge is 2.35. The maximum absolute atomic E-state index is 13.5. The van der Waals surface area contributed by atoms with E-state index in [-0.39, 0.29) is 29.3 Å². The number of halogens is 1. The topological polar surface area (TPSA) is 110 Å². The number of benzene rings is 3. The van der Waals surface area contributed by atoms with Crippen LogP contribution in [-0.4, -0.2) is 70.6 Å². The molecule has 2 aliphatic heterocycles. The van der Waals surface area contributed by atoms with E-state index in [2.05, 4.69) is 86.4 Å². The lowest BCUT2D eigenvalue weighted by molar-refractivity contribution is 0.0954. The average molecular weight is 717 g/mol. The number of nitrogens with zero attached hydrogens (tertiary/aromatic N) is 7. The van der Waals surface area contributed by atoms with Crippen LogP contribution in [-0.2, 0) is 17.7 Å². The number of amides is 1. The number of nitrogens with one attached hydrogen (secondary N) is 1. The number of aromatic nitrogens is 2. The van der Waals surface area contributed by atoms with Crippen molar-refractivity contribution in [1.82, 2.24) is 19.8 Å². The monoisotopic (exact) mass is 716 g/mol. The van der Waals surface area contributed by atoms with Gasteiger partial charge >= 0.3 is 6.09 Å². The normalized spacial score (nSPS) is 17.3. The molecule has 1 amide bonds. The number of anilines is 2. The van der Waals surface area contributed by atoms with Crippen molar-refractivity contribution in [1.29, 1.82) is 5.26 Å². The first kappa shape index (κ1) is 33.0. The fraction of sp³-hybridized carbons (Fsp3) is 0.308.